The molecule has 0 saturated carbocycles. The van der Waals surface area contributed by atoms with E-state index < -0.39 is 26.3 Å². The second-order valence-corrected chi connectivity index (χ2v) is 6.45. The summed E-state index contributed by atoms with van der Waals surface area (Å²) in [5.74, 6) is -0.894. The van der Waals surface area contributed by atoms with Gasteiger partial charge in [0.05, 0.1) is 12.2 Å². The van der Waals surface area contributed by atoms with E-state index in [1.54, 1.807) is 13.8 Å². The van der Waals surface area contributed by atoms with E-state index in [9.17, 15) is 12.8 Å². The average Bonchev–Trinajstić information content (AvgIpc) is 2.36. The first-order chi connectivity index (χ1) is 8.72. The van der Waals surface area contributed by atoms with Gasteiger partial charge in [-0.1, -0.05) is 6.07 Å². The molecule has 0 atom stereocenters. The van der Waals surface area contributed by atoms with Crippen molar-refractivity contribution in [1.82, 2.24) is 4.72 Å². The highest BCUT2D eigenvalue weighted by molar-refractivity contribution is 7.89. The third-order valence-electron chi connectivity index (χ3n) is 2.71. The molecule has 0 saturated heterocycles. The zero-order valence-electron chi connectivity index (χ0n) is 11.1. The summed E-state index contributed by atoms with van der Waals surface area (Å²) >= 11 is 0. The van der Waals surface area contributed by atoms with Gasteiger partial charge in [0.25, 0.3) is 0 Å². The summed E-state index contributed by atoms with van der Waals surface area (Å²) in [5.41, 5.74) is -0.372. The van der Waals surface area contributed by atoms with Gasteiger partial charge in [0.1, 0.15) is 10.7 Å². The summed E-state index contributed by atoms with van der Waals surface area (Å²) < 4.78 is 44.9. The van der Waals surface area contributed by atoms with E-state index in [0.717, 1.165) is 12.1 Å². The fourth-order valence-corrected chi connectivity index (χ4v) is 2.54. The monoisotopic (exact) mass is 291 g/mol. The molecule has 0 aliphatic carbocycles. The van der Waals surface area contributed by atoms with E-state index in [2.05, 4.69) is 4.72 Å². The lowest BCUT2D eigenvalue weighted by molar-refractivity contribution is 0.0276. The molecule has 0 aromatic heterocycles. The Bertz CT molecular complexity index is 543. The van der Waals surface area contributed by atoms with E-state index in [-0.39, 0.29) is 13.2 Å². The average molecular weight is 291 g/mol. The molecule has 0 aliphatic heterocycles. The molecule has 1 aromatic carbocycles. The fourth-order valence-electron chi connectivity index (χ4n) is 1.28. The van der Waals surface area contributed by atoms with Crippen molar-refractivity contribution in [3.63, 3.8) is 0 Å². The van der Waals surface area contributed by atoms with Gasteiger partial charge in [-0.25, -0.2) is 17.5 Å². The molecule has 1 aromatic rings. The highest BCUT2D eigenvalue weighted by atomic mass is 32.2. The Hall–Kier alpha value is -1.02. The van der Waals surface area contributed by atoms with Gasteiger partial charge in [-0.15, -0.1) is 0 Å². The van der Waals surface area contributed by atoms with Crippen LogP contribution in [-0.2, 0) is 21.4 Å². The molecule has 108 valence electrons. The van der Waals surface area contributed by atoms with Crippen molar-refractivity contribution < 1.29 is 22.7 Å². The smallest absolute Gasteiger partial charge is 0.243 e. The van der Waals surface area contributed by atoms with Gasteiger partial charge in [0.2, 0.25) is 10.0 Å². The predicted octanol–water partition coefficient (Wildman–Crippen LogP) is 1.02. The number of hydrogen-bond acceptors (Lipinski definition) is 4. The first-order valence-corrected chi connectivity index (χ1v) is 7.14. The third-order valence-corrected chi connectivity index (χ3v) is 4.14. The Morgan fingerprint density at radius 2 is 2.05 bits per heavy atom. The number of benzene rings is 1. The minimum absolute atomic E-state index is 0.0209. The zero-order chi connectivity index (χ0) is 14.7. The Kier molecular flexibility index (Phi) is 5.03. The van der Waals surface area contributed by atoms with E-state index in [1.807, 2.05) is 0 Å². The topological polar surface area (TPSA) is 75.6 Å². The molecular formula is C12H18FNO4S. The van der Waals surface area contributed by atoms with Gasteiger partial charge in [-0.3, -0.25) is 0 Å². The molecule has 2 N–H and O–H groups in total. The van der Waals surface area contributed by atoms with Crippen molar-refractivity contribution in [3.8, 4) is 0 Å². The number of ether oxygens (including phenoxy) is 1. The van der Waals surface area contributed by atoms with Gasteiger partial charge in [0.15, 0.2) is 0 Å². The molecule has 0 bridgehead atoms. The third kappa shape index (κ3) is 4.24. The SMILES string of the molecule is COC(C)(C)CNS(=O)(=O)c1ccc(CO)cc1F. The molecule has 0 spiro atoms. The quantitative estimate of drug-likeness (QED) is 0.820. The summed E-state index contributed by atoms with van der Waals surface area (Å²) in [7, 11) is -2.48. The van der Waals surface area contributed by atoms with E-state index in [0.29, 0.717) is 5.56 Å². The van der Waals surface area contributed by atoms with Crippen LogP contribution in [0.1, 0.15) is 19.4 Å². The normalized spacial score (nSPS) is 12.7. The van der Waals surface area contributed by atoms with Crippen LogP contribution in [0.2, 0.25) is 0 Å². The number of nitrogens with one attached hydrogen (secondary N) is 1. The molecule has 0 radical (unpaired) electrons. The molecule has 0 amide bonds. The second-order valence-electron chi connectivity index (χ2n) is 4.71. The standard InChI is InChI=1S/C12H18FNO4S/c1-12(2,18-3)8-14-19(16,17)11-5-4-9(7-15)6-10(11)13/h4-6,14-15H,7-8H2,1-3H3. The van der Waals surface area contributed by atoms with Crippen molar-refractivity contribution in [2.45, 2.75) is 31.0 Å². The van der Waals surface area contributed by atoms with Crippen molar-refractivity contribution in [2.24, 2.45) is 0 Å². The van der Waals surface area contributed by atoms with Crippen LogP contribution >= 0.6 is 0 Å². The molecular weight excluding hydrogens is 273 g/mol. The number of methoxy groups -OCH3 is 1. The van der Waals surface area contributed by atoms with Crippen molar-refractivity contribution in [1.29, 1.82) is 0 Å². The van der Waals surface area contributed by atoms with Gasteiger partial charge < -0.3 is 9.84 Å². The Morgan fingerprint density at radius 3 is 2.53 bits per heavy atom. The van der Waals surface area contributed by atoms with Crippen molar-refractivity contribution >= 4 is 10.0 Å². The highest BCUT2D eigenvalue weighted by Gasteiger charge is 2.24. The van der Waals surface area contributed by atoms with Crippen LogP contribution in [0, 0.1) is 5.82 Å². The molecule has 19 heavy (non-hydrogen) atoms. The molecule has 7 heteroatoms. The number of halogens is 1. The predicted molar refractivity (Wildman–Crippen MR) is 68.6 cm³/mol. The summed E-state index contributed by atoms with van der Waals surface area (Å²) in [4.78, 5) is -0.448. The minimum atomic E-state index is -3.95. The van der Waals surface area contributed by atoms with Gasteiger partial charge in [-0.05, 0) is 31.5 Å². The number of sulfonamides is 1. The number of rotatable bonds is 6. The Balaban J connectivity index is 2.95. The fraction of sp³-hybridized carbons (Fsp3) is 0.500. The van der Waals surface area contributed by atoms with Crippen LogP contribution in [0.25, 0.3) is 0 Å². The summed E-state index contributed by atoms with van der Waals surface area (Å²) in [6.07, 6.45) is 0. The number of hydrogen-bond donors (Lipinski definition) is 2. The van der Waals surface area contributed by atoms with Crippen molar-refractivity contribution in [3.05, 3.63) is 29.6 Å². The van der Waals surface area contributed by atoms with E-state index in [4.69, 9.17) is 9.84 Å². The maximum absolute atomic E-state index is 13.7. The molecule has 0 aliphatic rings. The summed E-state index contributed by atoms with van der Waals surface area (Å²) in [6.45, 7) is 3.09. The van der Waals surface area contributed by atoms with Crippen LogP contribution < -0.4 is 4.72 Å². The molecule has 5 nitrogen and oxygen atoms in total. The highest BCUT2D eigenvalue weighted by Crippen LogP contribution is 2.17. The Labute approximate surface area is 112 Å². The number of aliphatic hydroxyl groups excluding tert-OH is 1. The largest absolute Gasteiger partial charge is 0.392 e. The second kappa shape index (κ2) is 5.96. The summed E-state index contributed by atoms with van der Waals surface area (Å²) in [6, 6.07) is 3.48. The molecule has 0 unspecified atom stereocenters. The first kappa shape index (κ1) is 16.0. The minimum Gasteiger partial charge on any atom is -0.392 e. The van der Waals surface area contributed by atoms with Crippen LogP contribution in [-0.4, -0.2) is 32.8 Å². The van der Waals surface area contributed by atoms with Gasteiger partial charge in [0, 0.05) is 13.7 Å². The summed E-state index contributed by atoms with van der Waals surface area (Å²) in [5, 5.41) is 8.85. The Morgan fingerprint density at radius 1 is 1.42 bits per heavy atom. The lowest BCUT2D eigenvalue weighted by Gasteiger charge is -2.23. The van der Waals surface area contributed by atoms with Gasteiger partial charge in [-0.2, -0.15) is 0 Å². The van der Waals surface area contributed by atoms with E-state index >= 15 is 0 Å². The first-order valence-electron chi connectivity index (χ1n) is 5.66. The van der Waals surface area contributed by atoms with Crippen LogP contribution in [0.5, 0.6) is 0 Å². The van der Waals surface area contributed by atoms with E-state index in [1.165, 1.54) is 13.2 Å². The van der Waals surface area contributed by atoms with Gasteiger partial charge >= 0.3 is 0 Å². The molecule has 0 fully saturated rings. The zero-order valence-corrected chi connectivity index (χ0v) is 11.9. The number of aliphatic hydroxyl groups is 1. The van der Waals surface area contributed by atoms with Crippen molar-refractivity contribution in [2.75, 3.05) is 13.7 Å². The lowest BCUT2D eigenvalue weighted by atomic mass is 10.1. The van der Waals surface area contributed by atoms with Crippen LogP contribution in [0.3, 0.4) is 0 Å². The molecule has 1 rings (SSSR count). The van der Waals surface area contributed by atoms with Crippen LogP contribution in [0.4, 0.5) is 4.39 Å². The maximum Gasteiger partial charge on any atom is 0.243 e. The lowest BCUT2D eigenvalue weighted by Crippen LogP contribution is -2.39. The molecule has 0 heterocycles. The maximum atomic E-state index is 13.7. The van der Waals surface area contributed by atoms with Crippen LogP contribution in [0.15, 0.2) is 23.1 Å².